The van der Waals surface area contributed by atoms with Crippen LogP contribution in [0.2, 0.25) is 0 Å². The van der Waals surface area contributed by atoms with Crippen LogP contribution >= 0.6 is 0 Å². The number of fused-ring (bicyclic) bond motifs is 2. The molecule has 1 fully saturated rings. The Morgan fingerprint density at radius 2 is 1.68 bits per heavy atom. The Bertz CT molecular complexity index is 1370. The molecule has 5 rings (SSSR count). The van der Waals surface area contributed by atoms with Gasteiger partial charge in [0.2, 0.25) is 0 Å². The molecule has 0 unspecified atom stereocenters. The van der Waals surface area contributed by atoms with Gasteiger partial charge in [-0.2, -0.15) is 13.2 Å². The van der Waals surface area contributed by atoms with Gasteiger partial charge in [0.15, 0.2) is 0 Å². The number of hydrogen-bond donors (Lipinski definition) is 2. The van der Waals surface area contributed by atoms with Crippen molar-refractivity contribution in [3.8, 4) is 16.9 Å². The maximum atomic E-state index is 13.3. The molecule has 6 nitrogen and oxygen atoms in total. The molecule has 0 radical (unpaired) electrons. The van der Waals surface area contributed by atoms with Gasteiger partial charge in [-0.3, -0.25) is 14.9 Å². The van der Waals surface area contributed by atoms with Gasteiger partial charge >= 0.3 is 6.18 Å². The van der Waals surface area contributed by atoms with Gasteiger partial charge in [-0.25, -0.2) is 0 Å². The molecule has 0 saturated carbocycles. The van der Waals surface area contributed by atoms with Crippen molar-refractivity contribution in [2.75, 3.05) is 13.1 Å². The quantitative estimate of drug-likeness (QED) is 0.445. The van der Waals surface area contributed by atoms with Crippen LogP contribution in [-0.2, 0) is 12.1 Å². The lowest BCUT2D eigenvalue weighted by Gasteiger charge is -2.51. The van der Waals surface area contributed by atoms with Gasteiger partial charge in [0.25, 0.3) is 11.7 Å². The highest BCUT2D eigenvalue weighted by molar-refractivity contribution is 5.99. The summed E-state index contributed by atoms with van der Waals surface area (Å²) in [5.74, 6) is -2.05. The number of aromatic hydroxyl groups is 1. The van der Waals surface area contributed by atoms with E-state index in [9.17, 15) is 27.9 Å². The number of piperidine rings is 1. The maximum Gasteiger partial charge on any atom is 0.456 e. The van der Waals surface area contributed by atoms with Crippen LogP contribution in [0.25, 0.3) is 11.1 Å². The first-order valence-electron chi connectivity index (χ1n) is 12.2. The number of hydrogen-bond acceptors (Lipinski definition) is 4. The van der Waals surface area contributed by atoms with E-state index in [4.69, 9.17) is 0 Å². The number of nitrogens with one attached hydrogen (secondary N) is 1. The topological polar surface area (TPSA) is 74.6 Å². The smallest absolute Gasteiger partial charge is 0.456 e. The average Bonchev–Trinajstić information content (AvgIpc) is 3.26. The number of likely N-dealkylation sites (tertiary alicyclic amines) is 1. The largest absolute Gasteiger partial charge is 0.507 e. The molecule has 0 atom stereocenters. The molecule has 1 saturated heterocycles. The van der Waals surface area contributed by atoms with Gasteiger partial charge in [-0.05, 0) is 62.6 Å². The van der Waals surface area contributed by atoms with E-state index in [1.54, 1.807) is 23.1 Å². The first-order valence-corrected chi connectivity index (χ1v) is 12.2. The van der Waals surface area contributed by atoms with Gasteiger partial charge < -0.3 is 14.6 Å². The third kappa shape index (κ3) is 4.52. The summed E-state index contributed by atoms with van der Waals surface area (Å²) >= 11 is 0. The molecular formula is C28H32F3N3O3. The predicted octanol–water partition coefficient (Wildman–Crippen LogP) is 5.61. The third-order valence-electron chi connectivity index (χ3n) is 7.33. The lowest BCUT2D eigenvalue weighted by molar-refractivity contribution is -0.0892. The normalized spacial score (nSPS) is 18.5. The second-order valence-electron chi connectivity index (χ2n) is 10.5. The number of carbonyl (C=O) groups excluding carboxylic acids is 2. The molecule has 2 aliphatic rings. The zero-order valence-electron chi connectivity index (χ0n) is 20.6. The highest BCUT2D eigenvalue weighted by Gasteiger charge is 2.49. The molecule has 1 spiro atoms. The molecule has 37 heavy (non-hydrogen) atoms. The highest BCUT2D eigenvalue weighted by atomic mass is 19.4. The molecule has 198 valence electrons. The number of benzene rings is 2. The minimum atomic E-state index is -4.95. The van der Waals surface area contributed by atoms with Crippen molar-refractivity contribution >= 4 is 11.7 Å². The number of Topliss-reactive ketones (excluding diaryl/α,β-unsaturated/α-hetero) is 1. The SMILES string of the molecule is CC1(C)Cn2c(C(=O)C(F)(F)F)ccc2C2(CCN(C(=O)c3ccc(-c4ccccc4)c(O)c3)CC2)N1.[HH].[HH]. The average molecular weight is 516 g/mol. The van der Waals surface area contributed by atoms with Crippen LogP contribution in [0.15, 0.2) is 60.7 Å². The van der Waals surface area contributed by atoms with Crippen LogP contribution in [0.3, 0.4) is 0 Å². The monoisotopic (exact) mass is 515 g/mol. The molecule has 9 heteroatoms. The summed E-state index contributed by atoms with van der Waals surface area (Å²) in [4.78, 5) is 27.0. The Hall–Kier alpha value is -3.59. The van der Waals surface area contributed by atoms with Crippen molar-refractivity contribution in [2.24, 2.45) is 0 Å². The first-order chi connectivity index (χ1) is 17.4. The number of phenolic OH excluding ortho intramolecular Hbond substituents is 1. The Morgan fingerprint density at radius 1 is 1.00 bits per heavy atom. The van der Waals surface area contributed by atoms with E-state index in [-0.39, 0.29) is 26.7 Å². The minimum Gasteiger partial charge on any atom is -0.507 e. The fraction of sp³-hybridized carbons (Fsp3) is 0.357. The van der Waals surface area contributed by atoms with Crippen LogP contribution in [0, 0.1) is 0 Å². The number of nitrogens with zero attached hydrogens (tertiary/aromatic N) is 2. The van der Waals surface area contributed by atoms with Crippen LogP contribution in [0.4, 0.5) is 13.2 Å². The Labute approximate surface area is 215 Å². The number of alkyl halides is 3. The van der Waals surface area contributed by atoms with Gasteiger partial charge in [0, 0.05) is 44.8 Å². The van der Waals surface area contributed by atoms with Gasteiger partial charge in [-0.1, -0.05) is 30.3 Å². The lowest BCUT2D eigenvalue weighted by atomic mass is 9.79. The second kappa shape index (κ2) is 8.76. The van der Waals surface area contributed by atoms with Crippen LogP contribution in [-0.4, -0.2) is 51.1 Å². The maximum absolute atomic E-state index is 13.3. The molecule has 2 aromatic carbocycles. The molecule has 2 N–H and O–H groups in total. The number of ketones is 1. The summed E-state index contributed by atoms with van der Waals surface area (Å²) in [6.07, 6.45) is -4.01. The fourth-order valence-corrected chi connectivity index (χ4v) is 5.73. The van der Waals surface area contributed by atoms with Gasteiger partial charge in [0.05, 0.1) is 11.2 Å². The fourth-order valence-electron chi connectivity index (χ4n) is 5.73. The lowest BCUT2D eigenvalue weighted by Crippen LogP contribution is -2.63. The van der Waals surface area contributed by atoms with E-state index in [2.05, 4.69) is 5.32 Å². The standard InChI is InChI=1S/C28H28F3N3O3.2H2/c1-26(2)17-34-21(24(36)28(29,30)31)10-11-23(34)27(32-26)12-14-33(15-13-27)25(37)19-8-9-20(22(35)16-19)18-6-4-3-5-7-18;;/h3-11,16,32,35H,12-15,17H2,1-2H3;2*1H. The Morgan fingerprint density at radius 3 is 2.30 bits per heavy atom. The zero-order valence-corrected chi connectivity index (χ0v) is 20.6. The van der Waals surface area contributed by atoms with E-state index in [0.717, 1.165) is 5.56 Å². The Kier molecular flexibility index (Phi) is 5.94. The summed E-state index contributed by atoms with van der Waals surface area (Å²) < 4.78 is 41.1. The number of phenols is 1. The predicted molar refractivity (Wildman–Crippen MR) is 137 cm³/mol. The molecule has 0 bridgehead atoms. The Balaban J connectivity index is 0.00000210. The molecule has 1 aromatic heterocycles. The molecular weight excluding hydrogens is 483 g/mol. The van der Waals surface area contributed by atoms with Crippen molar-refractivity contribution in [1.29, 1.82) is 0 Å². The van der Waals surface area contributed by atoms with E-state index in [1.807, 2.05) is 44.2 Å². The van der Waals surface area contributed by atoms with Crippen molar-refractivity contribution in [3.05, 3.63) is 77.6 Å². The molecule has 0 aliphatic carbocycles. The van der Waals surface area contributed by atoms with Crippen molar-refractivity contribution in [3.63, 3.8) is 0 Å². The first kappa shape index (κ1) is 25.1. The third-order valence-corrected chi connectivity index (χ3v) is 7.33. The van der Waals surface area contributed by atoms with Gasteiger partial charge in [0.1, 0.15) is 5.75 Å². The summed E-state index contributed by atoms with van der Waals surface area (Å²) in [7, 11) is 0. The van der Waals surface area contributed by atoms with E-state index < -0.39 is 23.0 Å². The number of rotatable bonds is 3. The number of aromatic nitrogens is 1. The van der Waals surface area contributed by atoms with Gasteiger partial charge in [-0.15, -0.1) is 0 Å². The van der Waals surface area contributed by atoms with Crippen molar-refractivity contribution in [2.45, 2.75) is 50.5 Å². The molecule has 1 amide bonds. The number of halogens is 3. The van der Waals surface area contributed by atoms with Crippen molar-refractivity contribution in [1.82, 2.24) is 14.8 Å². The summed E-state index contributed by atoms with van der Waals surface area (Å²) in [6.45, 7) is 4.76. The number of amides is 1. The summed E-state index contributed by atoms with van der Waals surface area (Å²) in [5, 5.41) is 14.2. The minimum absolute atomic E-state index is 0. The highest BCUT2D eigenvalue weighted by Crippen LogP contribution is 2.41. The van der Waals surface area contributed by atoms with Crippen LogP contribution in [0.5, 0.6) is 5.75 Å². The van der Waals surface area contributed by atoms with Crippen LogP contribution < -0.4 is 5.32 Å². The molecule has 3 heterocycles. The second-order valence-corrected chi connectivity index (χ2v) is 10.5. The molecule has 3 aromatic rings. The van der Waals surface area contributed by atoms with E-state index >= 15 is 0 Å². The van der Waals surface area contributed by atoms with Crippen molar-refractivity contribution < 1.29 is 30.7 Å². The molecule has 2 aliphatic heterocycles. The van der Waals surface area contributed by atoms with E-state index in [0.29, 0.717) is 42.8 Å². The summed E-state index contributed by atoms with van der Waals surface area (Å²) in [5.41, 5.74) is 0.899. The van der Waals surface area contributed by atoms with Crippen LogP contribution in [0.1, 0.15) is 56.1 Å². The van der Waals surface area contributed by atoms with E-state index in [1.165, 1.54) is 16.7 Å². The number of carbonyl (C=O) groups is 2. The zero-order chi connectivity index (χ0) is 26.6. The summed E-state index contributed by atoms with van der Waals surface area (Å²) in [6, 6.07) is 17.1.